The first-order valence-corrected chi connectivity index (χ1v) is 12.5. The molecule has 0 heterocycles. The molecule has 4 aromatic rings. The second kappa shape index (κ2) is 9.29. The fraction of sp³-hybridized carbons (Fsp3) is 0.0769. The fourth-order valence-corrected chi connectivity index (χ4v) is 10.5. The van der Waals surface area contributed by atoms with Crippen molar-refractivity contribution in [2.24, 2.45) is 0 Å². The highest BCUT2D eigenvalue weighted by molar-refractivity contribution is 7.89. The Morgan fingerprint density at radius 2 is 0.607 bits per heavy atom. The van der Waals surface area contributed by atoms with Gasteiger partial charge in [0.05, 0.1) is 0 Å². The Bertz CT molecular complexity index is 808. The molecular weight excluding hydrogens is 374 g/mol. The lowest BCUT2D eigenvalue weighted by Gasteiger charge is -2.33. The Balaban J connectivity index is 1.84. The van der Waals surface area contributed by atoms with Gasteiger partial charge in [0.1, 0.15) is 0 Å². The summed E-state index contributed by atoms with van der Waals surface area (Å²) in [4.78, 5) is 0. The molecule has 4 rings (SSSR count). The van der Waals surface area contributed by atoms with Crippen LogP contribution in [0.15, 0.2) is 121 Å². The van der Waals surface area contributed by atoms with Gasteiger partial charge in [-0.3, -0.25) is 0 Å². The van der Waals surface area contributed by atoms with Crippen molar-refractivity contribution in [3.05, 3.63) is 121 Å². The maximum Gasteiger partial charge on any atom is 0.0126 e. The number of hydrogen-bond acceptors (Lipinski definition) is 0. The molecule has 0 fully saturated rings. The van der Waals surface area contributed by atoms with E-state index in [1.54, 1.807) is 0 Å². The molecule has 28 heavy (non-hydrogen) atoms. The predicted molar refractivity (Wildman–Crippen MR) is 128 cm³/mol. The van der Waals surface area contributed by atoms with Crippen LogP contribution in [0.2, 0.25) is 0 Å². The van der Waals surface area contributed by atoms with Crippen molar-refractivity contribution in [3.63, 3.8) is 0 Å². The molecule has 0 N–H and O–H groups in total. The Hall–Kier alpha value is -2.26. The van der Waals surface area contributed by atoms with E-state index in [1.165, 1.54) is 21.2 Å². The molecule has 0 bridgehead atoms. The first-order chi connectivity index (χ1) is 13.8. The second-order valence-corrected chi connectivity index (χ2v) is 12.2. The summed E-state index contributed by atoms with van der Waals surface area (Å²) in [6, 6.07) is 44.3. The summed E-state index contributed by atoms with van der Waals surface area (Å²) in [6.07, 6.45) is 0. The number of benzene rings is 4. The second-order valence-electron chi connectivity index (χ2n) is 6.71. The van der Waals surface area contributed by atoms with Crippen molar-refractivity contribution in [2.45, 2.75) is 12.3 Å². The van der Waals surface area contributed by atoms with Crippen molar-refractivity contribution >= 4 is 37.1 Å². The highest BCUT2D eigenvalue weighted by Crippen LogP contribution is 2.55. The number of hydrogen-bond donors (Lipinski definition) is 0. The highest BCUT2D eigenvalue weighted by atomic mass is 31.2. The van der Waals surface area contributed by atoms with Gasteiger partial charge in [0.2, 0.25) is 0 Å². The van der Waals surface area contributed by atoms with Gasteiger partial charge in [-0.25, -0.2) is 0 Å². The first kappa shape index (κ1) is 19.1. The summed E-state index contributed by atoms with van der Waals surface area (Å²) in [7, 11) is -0.940. The molecule has 0 spiro atoms. The van der Waals surface area contributed by atoms with Gasteiger partial charge in [0.15, 0.2) is 0 Å². The van der Waals surface area contributed by atoms with E-state index in [0.29, 0.717) is 5.40 Å². The lowest BCUT2D eigenvalue weighted by atomic mass is 10.4. The minimum atomic E-state index is -0.470. The molecule has 0 unspecified atom stereocenters. The molecule has 138 valence electrons. The molecule has 0 aliphatic heterocycles. The van der Waals surface area contributed by atoms with E-state index in [2.05, 4.69) is 128 Å². The van der Waals surface area contributed by atoms with E-state index < -0.39 is 15.8 Å². The molecular formula is C26H24P2. The molecule has 0 aromatic heterocycles. The van der Waals surface area contributed by atoms with Gasteiger partial charge >= 0.3 is 0 Å². The van der Waals surface area contributed by atoms with Crippen molar-refractivity contribution in [1.29, 1.82) is 0 Å². The van der Waals surface area contributed by atoms with Crippen molar-refractivity contribution in [1.82, 2.24) is 0 Å². The normalized spacial score (nSPS) is 11.3. The minimum absolute atomic E-state index is 0.470. The molecule has 0 saturated heterocycles. The summed E-state index contributed by atoms with van der Waals surface area (Å²) in [6.45, 7) is 2.46. The quantitative estimate of drug-likeness (QED) is 0.371. The maximum absolute atomic E-state index is 2.46. The van der Waals surface area contributed by atoms with Gasteiger partial charge in [-0.05, 0) is 37.1 Å². The first-order valence-electron chi connectivity index (χ1n) is 9.63. The summed E-state index contributed by atoms with van der Waals surface area (Å²) >= 11 is 0. The third-order valence-corrected chi connectivity index (χ3v) is 11.2. The molecule has 0 atom stereocenters. The largest absolute Gasteiger partial charge is 0.0622 e. The van der Waals surface area contributed by atoms with Crippen LogP contribution in [0.1, 0.15) is 6.92 Å². The third-order valence-electron chi connectivity index (χ3n) is 4.88. The zero-order valence-electron chi connectivity index (χ0n) is 16.0. The van der Waals surface area contributed by atoms with E-state index in [1.807, 2.05) is 0 Å². The van der Waals surface area contributed by atoms with Crippen LogP contribution in [0.3, 0.4) is 0 Å². The van der Waals surface area contributed by atoms with Gasteiger partial charge in [0, 0.05) is 5.40 Å². The van der Waals surface area contributed by atoms with Gasteiger partial charge in [-0.1, -0.05) is 128 Å². The van der Waals surface area contributed by atoms with Crippen molar-refractivity contribution in [2.75, 3.05) is 0 Å². The van der Waals surface area contributed by atoms with Crippen molar-refractivity contribution < 1.29 is 0 Å². The van der Waals surface area contributed by atoms with Gasteiger partial charge in [0.25, 0.3) is 0 Å². The van der Waals surface area contributed by atoms with Crippen LogP contribution in [0.5, 0.6) is 0 Å². The van der Waals surface area contributed by atoms with Crippen LogP contribution >= 0.6 is 15.8 Å². The minimum Gasteiger partial charge on any atom is -0.0622 e. The molecule has 0 aliphatic rings. The zero-order chi connectivity index (χ0) is 19.2. The Kier molecular flexibility index (Phi) is 6.33. The van der Waals surface area contributed by atoms with Crippen LogP contribution in [-0.2, 0) is 0 Å². The lowest BCUT2D eigenvalue weighted by molar-refractivity contribution is 1.38. The summed E-state index contributed by atoms with van der Waals surface area (Å²) < 4.78 is 0. The molecule has 4 aromatic carbocycles. The summed E-state index contributed by atoms with van der Waals surface area (Å²) in [5.41, 5.74) is 0. The van der Waals surface area contributed by atoms with Crippen LogP contribution in [-0.4, -0.2) is 5.40 Å². The third kappa shape index (κ3) is 4.25. The molecule has 0 aliphatic carbocycles. The average Bonchev–Trinajstić information content (AvgIpc) is 2.77. The highest BCUT2D eigenvalue weighted by Gasteiger charge is 2.30. The predicted octanol–water partition coefficient (Wildman–Crippen LogP) is 5.60. The maximum atomic E-state index is 2.46. The van der Waals surface area contributed by atoms with Crippen LogP contribution in [0.4, 0.5) is 0 Å². The molecule has 0 nitrogen and oxygen atoms in total. The van der Waals surface area contributed by atoms with E-state index in [0.717, 1.165) is 0 Å². The smallest absolute Gasteiger partial charge is 0.0126 e. The van der Waals surface area contributed by atoms with Gasteiger partial charge < -0.3 is 0 Å². The molecule has 0 saturated carbocycles. The Morgan fingerprint density at radius 1 is 0.393 bits per heavy atom. The Labute approximate surface area is 170 Å². The SMILES string of the molecule is CC(P(c1ccccc1)c1ccccc1)P(c1ccccc1)c1ccccc1. The topological polar surface area (TPSA) is 0 Å². The van der Waals surface area contributed by atoms with E-state index in [9.17, 15) is 0 Å². The molecule has 2 heteroatoms. The van der Waals surface area contributed by atoms with Crippen LogP contribution in [0, 0.1) is 0 Å². The summed E-state index contributed by atoms with van der Waals surface area (Å²) in [5, 5.41) is 6.34. The van der Waals surface area contributed by atoms with E-state index in [4.69, 9.17) is 0 Å². The van der Waals surface area contributed by atoms with Crippen molar-refractivity contribution in [3.8, 4) is 0 Å². The lowest BCUT2D eigenvalue weighted by Crippen LogP contribution is -2.25. The molecule has 0 radical (unpaired) electrons. The van der Waals surface area contributed by atoms with Gasteiger partial charge in [-0.2, -0.15) is 0 Å². The average molecular weight is 398 g/mol. The standard InChI is InChI=1S/C26H24P2/c1-22(27(23-14-6-2-7-15-23)24-16-8-3-9-17-24)28(25-18-10-4-11-19-25)26-20-12-5-13-21-26/h2-22H,1H3. The zero-order valence-corrected chi connectivity index (χ0v) is 17.8. The van der Waals surface area contributed by atoms with Crippen LogP contribution < -0.4 is 21.2 Å². The molecule has 0 amide bonds. The number of rotatable bonds is 6. The van der Waals surface area contributed by atoms with Crippen LogP contribution in [0.25, 0.3) is 0 Å². The van der Waals surface area contributed by atoms with E-state index in [-0.39, 0.29) is 0 Å². The van der Waals surface area contributed by atoms with E-state index >= 15 is 0 Å². The summed E-state index contributed by atoms with van der Waals surface area (Å²) in [5.74, 6) is 0. The Morgan fingerprint density at radius 3 is 0.821 bits per heavy atom. The fourth-order valence-electron chi connectivity index (χ4n) is 3.63. The van der Waals surface area contributed by atoms with Gasteiger partial charge in [-0.15, -0.1) is 0 Å². The monoisotopic (exact) mass is 398 g/mol.